The number of ether oxygens (including phenoxy) is 1. The third-order valence-corrected chi connectivity index (χ3v) is 3.60. The number of rotatable bonds is 6. The summed E-state index contributed by atoms with van der Waals surface area (Å²) in [5, 5.41) is 12.0. The minimum atomic E-state index is -0.113. The molecule has 0 saturated carbocycles. The van der Waals surface area contributed by atoms with Crippen LogP contribution >= 0.6 is 0 Å². The lowest BCUT2D eigenvalue weighted by atomic mass is 10.1. The average molecular weight is 307 g/mol. The molecular formula is C17H17N5O. The molecule has 2 aromatic carbocycles. The number of benzene rings is 2. The quantitative estimate of drug-likeness (QED) is 0.416. The van der Waals surface area contributed by atoms with Crippen molar-refractivity contribution in [2.75, 3.05) is 0 Å². The Morgan fingerprint density at radius 3 is 2.87 bits per heavy atom. The molecule has 0 amide bonds. The molecule has 1 heterocycles. The van der Waals surface area contributed by atoms with Crippen molar-refractivity contribution in [3.63, 3.8) is 0 Å². The molecule has 0 aliphatic carbocycles. The molecule has 0 aliphatic rings. The Morgan fingerprint density at radius 1 is 1.26 bits per heavy atom. The molecule has 0 saturated heterocycles. The zero-order chi connectivity index (χ0) is 16.1. The number of hydrogen-bond acceptors (Lipinski definition) is 3. The van der Waals surface area contributed by atoms with Gasteiger partial charge in [-0.1, -0.05) is 42.4 Å². The summed E-state index contributed by atoms with van der Waals surface area (Å²) in [5.41, 5.74) is 11.4. The number of nitrogens with zero attached hydrogens (tertiary/aromatic N) is 4. The van der Waals surface area contributed by atoms with Crippen LogP contribution in [0.25, 0.3) is 21.3 Å². The topological polar surface area (TPSA) is 86.7 Å². The minimum absolute atomic E-state index is 0.113. The normalized spacial score (nSPS) is 11.9. The summed E-state index contributed by atoms with van der Waals surface area (Å²) < 4.78 is 5.81. The van der Waals surface area contributed by atoms with Gasteiger partial charge < -0.3 is 4.74 Å². The molecule has 0 radical (unpaired) electrons. The summed E-state index contributed by atoms with van der Waals surface area (Å²) in [7, 11) is 0. The Hall–Kier alpha value is -2.98. The van der Waals surface area contributed by atoms with Crippen LogP contribution in [-0.4, -0.2) is 16.2 Å². The van der Waals surface area contributed by atoms with Crippen LogP contribution in [0.5, 0.6) is 5.75 Å². The largest absolute Gasteiger partial charge is 0.489 e. The van der Waals surface area contributed by atoms with Gasteiger partial charge in [0, 0.05) is 28.1 Å². The molecule has 23 heavy (non-hydrogen) atoms. The maximum Gasteiger partial charge on any atom is 0.122 e. The number of azide groups is 1. The molecule has 6 nitrogen and oxygen atoms in total. The maximum atomic E-state index is 8.48. The standard InChI is InChI=1S/C17H17N5O/c1-12(19-22-18)9-16-15-8-7-14(10-17(15)21-20-16)23-11-13-5-3-2-4-6-13/h2-8,10,12H,9,11H2,1H3,(H,20,21). The van der Waals surface area contributed by atoms with Crippen molar-refractivity contribution >= 4 is 10.9 Å². The van der Waals surface area contributed by atoms with Crippen molar-refractivity contribution < 1.29 is 4.74 Å². The highest BCUT2D eigenvalue weighted by Crippen LogP contribution is 2.23. The van der Waals surface area contributed by atoms with Crippen molar-refractivity contribution in [1.29, 1.82) is 0 Å². The lowest BCUT2D eigenvalue weighted by molar-refractivity contribution is 0.306. The fourth-order valence-corrected chi connectivity index (χ4v) is 2.46. The Bertz CT molecular complexity index is 837. The third kappa shape index (κ3) is 3.62. The highest BCUT2D eigenvalue weighted by Gasteiger charge is 2.09. The van der Waals surface area contributed by atoms with Crippen molar-refractivity contribution in [2.45, 2.75) is 26.0 Å². The van der Waals surface area contributed by atoms with E-state index in [2.05, 4.69) is 20.2 Å². The van der Waals surface area contributed by atoms with Gasteiger partial charge in [0.1, 0.15) is 12.4 Å². The first kappa shape index (κ1) is 14.9. The molecule has 1 atom stereocenters. The summed E-state index contributed by atoms with van der Waals surface area (Å²) in [6.07, 6.45) is 0.630. The molecule has 116 valence electrons. The van der Waals surface area contributed by atoms with E-state index < -0.39 is 0 Å². The number of nitrogens with one attached hydrogen (secondary N) is 1. The van der Waals surface area contributed by atoms with E-state index in [9.17, 15) is 0 Å². The Balaban J connectivity index is 1.74. The molecular weight excluding hydrogens is 290 g/mol. The SMILES string of the molecule is CC(Cc1[nH]nc2cc(OCc3ccccc3)ccc12)N=[N+]=[N-]. The second-order valence-corrected chi connectivity index (χ2v) is 5.41. The lowest BCUT2D eigenvalue weighted by Crippen LogP contribution is -2.02. The average Bonchev–Trinajstić information content (AvgIpc) is 2.96. The van der Waals surface area contributed by atoms with Crippen LogP contribution < -0.4 is 4.74 Å². The van der Waals surface area contributed by atoms with E-state index in [-0.39, 0.29) is 6.04 Å². The van der Waals surface area contributed by atoms with E-state index in [1.54, 1.807) is 0 Å². The van der Waals surface area contributed by atoms with Crippen LogP contribution in [0.3, 0.4) is 0 Å². The van der Waals surface area contributed by atoms with Gasteiger partial charge in [0.25, 0.3) is 0 Å². The third-order valence-electron chi connectivity index (χ3n) is 3.60. The predicted molar refractivity (Wildman–Crippen MR) is 89.2 cm³/mol. The van der Waals surface area contributed by atoms with Crippen LogP contribution in [0.15, 0.2) is 53.6 Å². The van der Waals surface area contributed by atoms with Gasteiger partial charge in [-0.15, -0.1) is 0 Å². The van der Waals surface area contributed by atoms with Gasteiger partial charge in [0.15, 0.2) is 0 Å². The molecule has 1 aromatic heterocycles. The molecule has 1 N–H and O–H groups in total. The maximum absolute atomic E-state index is 8.48. The fraction of sp³-hybridized carbons (Fsp3) is 0.235. The second kappa shape index (κ2) is 6.85. The highest BCUT2D eigenvalue weighted by molar-refractivity contribution is 5.82. The number of hydrogen-bond donors (Lipinski definition) is 1. The molecule has 6 heteroatoms. The highest BCUT2D eigenvalue weighted by atomic mass is 16.5. The molecule has 0 aliphatic heterocycles. The summed E-state index contributed by atoms with van der Waals surface area (Å²) in [5.74, 6) is 0.780. The Kier molecular flexibility index (Phi) is 4.45. The van der Waals surface area contributed by atoms with Gasteiger partial charge in [-0.2, -0.15) is 5.10 Å². The van der Waals surface area contributed by atoms with Gasteiger partial charge in [0.2, 0.25) is 0 Å². The molecule has 3 aromatic rings. The van der Waals surface area contributed by atoms with Crippen molar-refractivity contribution in [3.8, 4) is 5.75 Å². The second-order valence-electron chi connectivity index (χ2n) is 5.41. The summed E-state index contributed by atoms with van der Waals surface area (Å²) in [6, 6.07) is 15.7. The zero-order valence-electron chi connectivity index (χ0n) is 12.8. The number of H-pyrrole nitrogens is 1. The predicted octanol–water partition coefficient (Wildman–Crippen LogP) is 4.38. The van der Waals surface area contributed by atoms with Crippen LogP contribution in [0.4, 0.5) is 0 Å². The van der Waals surface area contributed by atoms with E-state index >= 15 is 0 Å². The van der Waals surface area contributed by atoms with E-state index in [1.165, 1.54) is 0 Å². The first-order chi connectivity index (χ1) is 11.3. The van der Waals surface area contributed by atoms with Crippen LogP contribution in [-0.2, 0) is 13.0 Å². The van der Waals surface area contributed by atoms with E-state index in [0.717, 1.165) is 27.9 Å². The van der Waals surface area contributed by atoms with Crippen LogP contribution in [0.2, 0.25) is 0 Å². The molecule has 1 unspecified atom stereocenters. The van der Waals surface area contributed by atoms with Crippen molar-refractivity contribution in [2.24, 2.45) is 5.11 Å². The number of aromatic amines is 1. The van der Waals surface area contributed by atoms with E-state index in [0.29, 0.717) is 13.0 Å². The lowest BCUT2D eigenvalue weighted by Gasteiger charge is -2.06. The first-order valence-corrected chi connectivity index (χ1v) is 7.44. The van der Waals surface area contributed by atoms with Crippen LogP contribution in [0, 0.1) is 0 Å². The van der Waals surface area contributed by atoms with Gasteiger partial charge in [-0.05, 0) is 29.6 Å². The summed E-state index contributed by atoms with van der Waals surface area (Å²) in [4.78, 5) is 2.83. The van der Waals surface area contributed by atoms with Gasteiger partial charge in [-0.3, -0.25) is 5.10 Å². The van der Waals surface area contributed by atoms with E-state index in [1.807, 2.05) is 55.5 Å². The number of aromatic nitrogens is 2. The first-order valence-electron chi connectivity index (χ1n) is 7.44. The molecule has 0 bridgehead atoms. The van der Waals surface area contributed by atoms with Gasteiger partial charge in [-0.25, -0.2) is 0 Å². The fourth-order valence-electron chi connectivity index (χ4n) is 2.46. The Labute approximate surface area is 133 Å². The Morgan fingerprint density at radius 2 is 2.09 bits per heavy atom. The molecule has 3 rings (SSSR count). The zero-order valence-corrected chi connectivity index (χ0v) is 12.8. The molecule has 0 spiro atoms. The van der Waals surface area contributed by atoms with E-state index in [4.69, 9.17) is 10.3 Å². The van der Waals surface area contributed by atoms with Crippen molar-refractivity contribution in [3.05, 3.63) is 70.2 Å². The van der Waals surface area contributed by atoms with Crippen molar-refractivity contribution in [1.82, 2.24) is 10.2 Å². The smallest absolute Gasteiger partial charge is 0.122 e. The minimum Gasteiger partial charge on any atom is -0.489 e. The van der Waals surface area contributed by atoms with Crippen LogP contribution in [0.1, 0.15) is 18.2 Å². The van der Waals surface area contributed by atoms with Gasteiger partial charge >= 0.3 is 0 Å². The van der Waals surface area contributed by atoms with Gasteiger partial charge in [0.05, 0.1) is 5.52 Å². The number of fused-ring (bicyclic) bond motifs is 1. The molecule has 0 fully saturated rings. The summed E-state index contributed by atoms with van der Waals surface area (Å²) in [6.45, 7) is 2.40. The monoisotopic (exact) mass is 307 g/mol. The summed E-state index contributed by atoms with van der Waals surface area (Å²) >= 11 is 0.